The molecule has 0 saturated heterocycles. The van der Waals surface area contributed by atoms with Crippen molar-refractivity contribution in [1.82, 2.24) is 10.0 Å². The Hall–Kier alpha value is -3.43. The number of rotatable bonds is 10. The molecule has 0 spiro atoms. The van der Waals surface area contributed by atoms with Gasteiger partial charge >= 0.3 is 6.09 Å². The first kappa shape index (κ1) is 26.2. The Morgan fingerprint density at radius 3 is 2.29 bits per heavy atom. The number of anilines is 1. The monoisotopic (exact) mass is 497 g/mol. The van der Waals surface area contributed by atoms with Gasteiger partial charge in [-0.1, -0.05) is 81.8 Å². The Kier molecular flexibility index (Phi) is 8.84. The zero-order valence-corrected chi connectivity index (χ0v) is 20.9. The molecule has 0 aliphatic heterocycles. The lowest BCUT2D eigenvalue weighted by Gasteiger charge is -2.23. The maximum absolute atomic E-state index is 13.2. The van der Waals surface area contributed by atoms with Gasteiger partial charge in [0.2, 0.25) is 15.9 Å². The number of amides is 2. The Morgan fingerprint density at radius 2 is 1.60 bits per heavy atom. The molecular formula is C26H31N3O5S. The molecule has 3 N–H and O–H groups in total. The number of benzene rings is 3. The lowest BCUT2D eigenvalue weighted by atomic mass is 9.98. The van der Waals surface area contributed by atoms with Gasteiger partial charge in [-0.15, -0.1) is 0 Å². The van der Waals surface area contributed by atoms with Crippen LogP contribution in [0.2, 0.25) is 0 Å². The van der Waals surface area contributed by atoms with Crippen LogP contribution >= 0.6 is 0 Å². The van der Waals surface area contributed by atoms with Crippen LogP contribution in [0.15, 0.2) is 71.6 Å². The predicted octanol–water partition coefficient (Wildman–Crippen LogP) is 4.42. The van der Waals surface area contributed by atoms with Crippen LogP contribution in [0.5, 0.6) is 0 Å². The van der Waals surface area contributed by atoms with Crippen LogP contribution in [0.3, 0.4) is 0 Å². The molecule has 3 aromatic rings. The van der Waals surface area contributed by atoms with E-state index in [0.29, 0.717) is 22.9 Å². The van der Waals surface area contributed by atoms with Gasteiger partial charge in [0.05, 0.1) is 4.90 Å². The van der Waals surface area contributed by atoms with Gasteiger partial charge in [0, 0.05) is 23.0 Å². The average molecular weight is 498 g/mol. The number of carbonyl (C=O) groups is 2. The molecule has 0 saturated carbocycles. The topological polar surface area (TPSA) is 114 Å². The highest BCUT2D eigenvalue weighted by Gasteiger charge is 2.27. The Bertz CT molecular complexity index is 1280. The number of hydrogen-bond donors (Lipinski definition) is 3. The minimum Gasteiger partial charge on any atom is -0.445 e. The van der Waals surface area contributed by atoms with Crippen LogP contribution < -0.4 is 15.4 Å². The summed E-state index contributed by atoms with van der Waals surface area (Å²) in [7, 11) is -3.70. The molecule has 0 radical (unpaired) electrons. The third kappa shape index (κ3) is 6.58. The number of alkyl carbamates (subject to hydrolysis) is 1. The highest BCUT2D eigenvalue weighted by Crippen LogP contribution is 2.29. The molecule has 8 nitrogen and oxygen atoms in total. The fourth-order valence-corrected chi connectivity index (χ4v) is 4.96. The van der Waals surface area contributed by atoms with Crippen molar-refractivity contribution in [2.45, 2.75) is 44.7 Å². The summed E-state index contributed by atoms with van der Waals surface area (Å²) in [4.78, 5) is 25.8. The summed E-state index contributed by atoms with van der Waals surface area (Å²) in [5.74, 6) is -0.581. The highest BCUT2D eigenvalue weighted by molar-refractivity contribution is 7.89. The number of fused-ring (bicyclic) bond motifs is 1. The molecule has 9 heteroatoms. The maximum atomic E-state index is 13.2. The molecule has 3 rings (SSSR count). The quantitative estimate of drug-likeness (QED) is 0.384. The minimum absolute atomic E-state index is 0.0912. The van der Waals surface area contributed by atoms with Crippen molar-refractivity contribution in [3.63, 3.8) is 0 Å². The van der Waals surface area contributed by atoms with Crippen LogP contribution in [0.25, 0.3) is 10.8 Å². The lowest BCUT2D eigenvalue weighted by molar-refractivity contribution is -0.119. The van der Waals surface area contributed by atoms with E-state index in [9.17, 15) is 18.0 Å². The van der Waals surface area contributed by atoms with Crippen LogP contribution in [-0.2, 0) is 26.2 Å². The van der Waals surface area contributed by atoms with Crippen LogP contribution in [-0.4, -0.2) is 33.0 Å². The van der Waals surface area contributed by atoms with Gasteiger partial charge in [-0.05, 0) is 23.6 Å². The van der Waals surface area contributed by atoms with Crippen LogP contribution in [0, 0.1) is 5.92 Å². The summed E-state index contributed by atoms with van der Waals surface area (Å²) in [6.07, 6.45) is -0.0382. The smallest absolute Gasteiger partial charge is 0.408 e. The van der Waals surface area contributed by atoms with E-state index < -0.39 is 28.1 Å². The van der Waals surface area contributed by atoms with Crippen molar-refractivity contribution in [3.8, 4) is 0 Å². The first-order valence-electron chi connectivity index (χ1n) is 11.6. The molecular weight excluding hydrogens is 466 g/mol. The second-order valence-electron chi connectivity index (χ2n) is 8.22. The van der Waals surface area contributed by atoms with Gasteiger partial charge in [-0.2, -0.15) is 0 Å². The summed E-state index contributed by atoms with van der Waals surface area (Å²) >= 11 is 0. The van der Waals surface area contributed by atoms with Gasteiger partial charge in [0.1, 0.15) is 12.6 Å². The molecule has 0 aliphatic rings. The first-order chi connectivity index (χ1) is 16.8. The molecule has 186 valence electrons. The number of nitrogens with one attached hydrogen (secondary N) is 3. The van der Waals surface area contributed by atoms with Gasteiger partial charge in [0.15, 0.2) is 0 Å². The minimum atomic E-state index is -3.70. The predicted molar refractivity (Wildman–Crippen MR) is 136 cm³/mol. The summed E-state index contributed by atoms with van der Waals surface area (Å²) in [6.45, 7) is 5.86. The van der Waals surface area contributed by atoms with Gasteiger partial charge in [-0.25, -0.2) is 17.9 Å². The number of ether oxygens (including phenoxy) is 1. The molecule has 2 amide bonds. The van der Waals surface area contributed by atoms with Crippen molar-refractivity contribution < 1.29 is 22.7 Å². The third-order valence-electron chi connectivity index (χ3n) is 5.75. The van der Waals surface area contributed by atoms with Crippen molar-refractivity contribution in [1.29, 1.82) is 0 Å². The maximum Gasteiger partial charge on any atom is 0.408 e. The average Bonchev–Trinajstić information content (AvgIpc) is 2.86. The fraction of sp³-hybridized carbons (Fsp3) is 0.308. The second kappa shape index (κ2) is 11.8. The van der Waals surface area contributed by atoms with E-state index in [1.54, 1.807) is 37.3 Å². The molecule has 35 heavy (non-hydrogen) atoms. The van der Waals surface area contributed by atoms with Crippen molar-refractivity contribution >= 4 is 38.5 Å². The third-order valence-corrected chi connectivity index (χ3v) is 7.35. The first-order valence-corrected chi connectivity index (χ1v) is 13.0. The molecule has 0 aliphatic carbocycles. The Morgan fingerprint density at radius 1 is 0.914 bits per heavy atom. The van der Waals surface area contributed by atoms with Crippen molar-refractivity contribution in [2.24, 2.45) is 5.92 Å². The van der Waals surface area contributed by atoms with E-state index in [4.69, 9.17) is 4.74 Å². The largest absolute Gasteiger partial charge is 0.445 e. The Balaban J connectivity index is 1.81. The summed E-state index contributed by atoms with van der Waals surface area (Å²) in [5, 5.41) is 6.61. The van der Waals surface area contributed by atoms with E-state index in [1.165, 1.54) is 6.07 Å². The molecule has 2 atom stereocenters. The van der Waals surface area contributed by atoms with E-state index in [-0.39, 0.29) is 24.0 Å². The fourth-order valence-electron chi connectivity index (χ4n) is 3.70. The molecule has 3 aromatic carbocycles. The summed E-state index contributed by atoms with van der Waals surface area (Å²) < 4.78 is 33.1. The standard InChI is InChI=1S/C26H31N3O5S/c1-4-18(3)24(29-26(31)34-17-19-11-7-6-8-12-19)25(30)28-22-15-9-14-21-20(22)13-10-16-23(21)35(32,33)27-5-2/h6-16,18,24,27H,4-5,17H2,1-3H3,(H,28,30)(H,29,31)/t18-,24-/m0/s1. The van der Waals surface area contributed by atoms with Crippen molar-refractivity contribution in [3.05, 3.63) is 72.3 Å². The second-order valence-corrected chi connectivity index (χ2v) is 9.95. The van der Waals surface area contributed by atoms with E-state index in [2.05, 4.69) is 15.4 Å². The van der Waals surface area contributed by atoms with Crippen LogP contribution in [0.1, 0.15) is 32.8 Å². The molecule has 0 heterocycles. The molecule has 0 unspecified atom stereocenters. The number of hydrogen-bond acceptors (Lipinski definition) is 5. The zero-order valence-electron chi connectivity index (χ0n) is 20.1. The van der Waals surface area contributed by atoms with Crippen molar-refractivity contribution in [2.75, 3.05) is 11.9 Å². The molecule has 0 fully saturated rings. The van der Waals surface area contributed by atoms with E-state index >= 15 is 0 Å². The summed E-state index contributed by atoms with van der Waals surface area (Å²) in [5.41, 5.74) is 1.29. The number of sulfonamides is 1. The van der Waals surface area contributed by atoms with Gasteiger partial charge < -0.3 is 15.4 Å². The molecule has 0 bridgehead atoms. The Labute approximate surface area is 206 Å². The SMILES string of the molecule is CCNS(=O)(=O)c1cccc2c(NC(=O)[C@@H](NC(=O)OCc3ccccc3)[C@@H](C)CC)cccc12. The van der Waals surface area contributed by atoms with E-state index in [0.717, 1.165) is 5.56 Å². The number of carbonyl (C=O) groups excluding carboxylic acids is 2. The van der Waals surface area contributed by atoms with Gasteiger partial charge in [0.25, 0.3) is 0 Å². The lowest BCUT2D eigenvalue weighted by Crippen LogP contribution is -2.47. The highest BCUT2D eigenvalue weighted by atomic mass is 32.2. The zero-order chi connectivity index (χ0) is 25.4. The molecule has 0 aromatic heterocycles. The van der Waals surface area contributed by atoms with Gasteiger partial charge in [-0.3, -0.25) is 4.79 Å². The van der Waals surface area contributed by atoms with Crippen LogP contribution in [0.4, 0.5) is 10.5 Å². The summed E-state index contributed by atoms with van der Waals surface area (Å²) in [6, 6.07) is 18.4. The normalized spacial score (nSPS) is 13.1. The van der Waals surface area contributed by atoms with E-state index in [1.807, 2.05) is 44.2 Å².